The summed E-state index contributed by atoms with van der Waals surface area (Å²) in [5.74, 6) is 2.13. The van der Waals surface area contributed by atoms with Gasteiger partial charge in [0.2, 0.25) is 5.91 Å². The van der Waals surface area contributed by atoms with Crippen molar-refractivity contribution in [3.8, 4) is 11.5 Å². The van der Waals surface area contributed by atoms with Gasteiger partial charge in [-0.15, -0.1) is 0 Å². The molecule has 2 aromatic carbocycles. The van der Waals surface area contributed by atoms with Gasteiger partial charge in [-0.25, -0.2) is 4.98 Å². The topological polar surface area (TPSA) is 54.5 Å². The minimum Gasteiger partial charge on any atom is -0.457 e. The van der Waals surface area contributed by atoms with Crippen LogP contribution >= 0.6 is 0 Å². The van der Waals surface area contributed by atoms with Crippen LogP contribution in [0, 0.1) is 0 Å². The normalized spacial score (nSPS) is 18.1. The number of benzene rings is 2. The molecule has 1 amide bonds. The highest BCUT2D eigenvalue weighted by Crippen LogP contribution is 2.44. The Morgan fingerprint density at radius 3 is 2.32 bits per heavy atom. The summed E-state index contributed by atoms with van der Waals surface area (Å²) in [6, 6.07) is 21.6. The molecule has 3 heterocycles. The van der Waals surface area contributed by atoms with E-state index in [0.29, 0.717) is 0 Å². The van der Waals surface area contributed by atoms with Crippen LogP contribution in [-0.4, -0.2) is 30.0 Å². The van der Waals surface area contributed by atoms with Crippen molar-refractivity contribution in [3.63, 3.8) is 0 Å². The number of amides is 1. The summed E-state index contributed by atoms with van der Waals surface area (Å²) in [6.07, 6.45) is 2.71. The first-order chi connectivity index (χ1) is 13.8. The molecule has 3 aromatic rings. The molecule has 28 heavy (non-hydrogen) atoms. The number of fused-ring (bicyclic) bond motifs is 2. The molecule has 5 nitrogen and oxygen atoms in total. The first-order valence-corrected chi connectivity index (χ1v) is 9.61. The van der Waals surface area contributed by atoms with E-state index >= 15 is 0 Å². The number of nitrogens with zero attached hydrogens (tertiary/aromatic N) is 2. The van der Waals surface area contributed by atoms with Gasteiger partial charge in [0.25, 0.3) is 0 Å². The fraction of sp³-hybridized carbons (Fsp3) is 0.217. The molecule has 1 N–H and O–H groups in total. The lowest BCUT2D eigenvalue weighted by molar-refractivity contribution is -0.122. The van der Waals surface area contributed by atoms with E-state index in [2.05, 4.69) is 15.2 Å². The van der Waals surface area contributed by atoms with Crippen LogP contribution in [0.25, 0.3) is 0 Å². The maximum atomic E-state index is 13.3. The van der Waals surface area contributed by atoms with Crippen LogP contribution in [0.2, 0.25) is 0 Å². The molecule has 0 spiro atoms. The summed E-state index contributed by atoms with van der Waals surface area (Å²) in [6.45, 7) is 1.66. The number of rotatable bonds is 3. The van der Waals surface area contributed by atoms with Gasteiger partial charge in [-0.1, -0.05) is 42.5 Å². The standard InChI is InChI=1S/C23H21N3O2/c27-23(25-16-12-14-26(15-16)21-11-5-6-13-24-21)22-17-7-1-3-9-19(17)28-20-10-4-2-8-18(20)22/h1-11,13,16,22H,12,14-15H2,(H,25,27). The third-order valence-corrected chi connectivity index (χ3v) is 5.45. The number of hydrogen-bond acceptors (Lipinski definition) is 4. The molecule has 0 saturated carbocycles. The molecule has 0 bridgehead atoms. The van der Waals surface area contributed by atoms with E-state index < -0.39 is 0 Å². The number of anilines is 1. The molecule has 140 valence electrons. The highest BCUT2D eigenvalue weighted by molar-refractivity contribution is 5.90. The van der Waals surface area contributed by atoms with E-state index in [9.17, 15) is 4.79 Å². The predicted molar refractivity (Wildman–Crippen MR) is 108 cm³/mol. The predicted octanol–water partition coefficient (Wildman–Crippen LogP) is 3.71. The zero-order valence-electron chi connectivity index (χ0n) is 15.4. The van der Waals surface area contributed by atoms with E-state index in [0.717, 1.165) is 48.0 Å². The molecule has 0 radical (unpaired) electrons. The van der Waals surface area contributed by atoms with Crippen molar-refractivity contribution >= 4 is 11.7 Å². The summed E-state index contributed by atoms with van der Waals surface area (Å²) >= 11 is 0. The smallest absolute Gasteiger partial charge is 0.232 e. The van der Waals surface area contributed by atoms with Crippen LogP contribution < -0.4 is 15.0 Å². The van der Waals surface area contributed by atoms with Crippen LogP contribution in [0.5, 0.6) is 11.5 Å². The third kappa shape index (κ3) is 2.99. The lowest BCUT2D eigenvalue weighted by Gasteiger charge is -2.28. The van der Waals surface area contributed by atoms with Gasteiger partial charge < -0.3 is 15.0 Å². The number of hydrogen-bond donors (Lipinski definition) is 1. The quantitative estimate of drug-likeness (QED) is 0.763. The van der Waals surface area contributed by atoms with Crippen molar-refractivity contribution in [1.29, 1.82) is 0 Å². The molecule has 2 aliphatic rings. The number of aromatic nitrogens is 1. The summed E-state index contributed by atoms with van der Waals surface area (Å²) in [4.78, 5) is 20.0. The van der Waals surface area contributed by atoms with Gasteiger partial charge in [0.15, 0.2) is 0 Å². The molecule has 2 aliphatic heterocycles. The van der Waals surface area contributed by atoms with Crippen molar-refractivity contribution in [2.24, 2.45) is 0 Å². The minimum atomic E-state index is -0.356. The summed E-state index contributed by atoms with van der Waals surface area (Å²) < 4.78 is 6.01. The van der Waals surface area contributed by atoms with Crippen molar-refractivity contribution in [2.45, 2.75) is 18.4 Å². The molecular formula is C23H21N3O2. The number of carbonyl (C=O) groups excluding carboxylic acids is 1. The Hall–Kier alpha value is -3.34. The Balaban J connectivity index is 1.38. The highest BCUT2D eigenvalue weighted by Gasteiger charge is 2.34. The van der Waals surface area contributed by atoms with Gasteiger partial charge in [0.05, 0.1) is 5.92 Å². The SMILES string of the molecule is O=C(NC1CCN(c2ccccn2)C1)C1c2ccccc2Oc2ccccc21. The van der Waals surface area contributed by atoms with Crippen LogP contribution in [0.3, 0.4) is 0 Å². The number of pyridine rings is 1. The van der Waals surface area contributed by atoms with Gasteiger partial charge in [-0.3, -0.25) is 4.79 Å². The van der Waals surface area contributed by atoms with Gasteiger partial charge >= 0.3 is 0 Å². The van der Waals surface area contributed by atoms with E-state index in [-0.39, 0.29) is 17.9 Å². The van der Waals surface area contributed by atoms with Crippen LogP contribution in [0.15, 0.2) is 72.9 Å². The average Bonchev–Trinajstić information content (AvgIpc) is 3.21. The Morgan fingerprint density at radius 2 is 1.64 bits per heavy atom. The molecule has 1 aromatic heterocycles. The number of nitrogens with one attached hydrogen (secondary N) is 1. The Morgan fingerprint density at radius 1 is 0.964 bits per heavy atom. The van der Waals surface area contributed by atoms with Crippen LogP contribution in [-0.2, 0) is 4.79 Å². The largest absolute Gasteiger partial charge is 0.457 e. The van der Waals surface area contributed by atoms with Crippen molar-refractivity contribution in [3.05, 3.63) is 84.1 Å². The summed E-state index contributed by atoms with van der Waals surface area (Å²) in [7, 11) is 0. The maximum Gasteiger partial charge on any atom is 0.232 e. The van der Waals surface area contributed by atoms with Gasteiger partial charge in [-0.05, 0) is 30.7 Å². The second-order valence-electron chi connectivity index (χ2n) is 7.24. The number of ether oxygens (including phenoxy) is 1. The average molecular weight is 371 g/mol. The van der Waals surface area contributed by atoms with E-state index in [1.165, 1.54) is 0 Å². The molecule has 5 heteroatoms. The fourth-order valence-electron chi connectivity index (χ4n) is 4.10. The number of carbonyl (C=O) groups is 1. The lowest BCUT2D eigenvalue weighted by Crippen LogP contribution is -2.40. The van der Waals surface area contributed by atoms with Crippen molar-refractivity contribution < 1.29 is 9.53 Å². The van der Waals surface area contributed by atoms with Crippen LogP contribution in [0.1, 0.15) is 23.5 Å². The van der Waals surface area contributed by atoms with E-state index in [1.54, 1.807) is 6.20 Å². The Kier molecular flexibility index (Phi) is 4.20. The van der Waals surface area contributed by atoms with Gasteiger partial charge in [0, 0.05) is 36.5 Å². The van der Waals surface area contributed by atoms with Crippen LogP contribution in [0.4, 0.5) is 5.82 Å². The molecule has 1 atom stereocenters. The molecule has 1 fully saturated rings. The van der Waals surface area contributed by atoms with Crippen molar-refractivity contribution in [2.75, 3.05) is 18.0 Å². The first kappa shape index (κ1) is 16.8. The van der Waals surface area contributed by atoms with E-state index in [4.69, 9.17) is 4.74 Å². The fourth-order valence-corrected chi connectivity index (χ4v) is 4.10. The first-order valence-electron chi connectivity index (χ1n) is 9.61. The molecule has 5 rings (SSSR count). The van der Waals surface area contributed by atoms with Gasteiger partial charge in [-0.2, -0.15) is 0 Å². The minimum absolute atomic E-state index is 0.0241. The Labute approximate surface area is 164 Å². The second kappa shape index (κ2) is 7.00. The summed E-state index contributed by atoms with van der Waals surface area (Å²) in [5.41, 5.74) is 1.83. The second-order valence-corrected chi connectivity index (χ2v) is 7.24. The molecule has 0 aliphatic carbocycles. The Bertz CT molecular complexity index is 960. The van der Waals surface area contributed by atoms with Crippen molar-refractivity contribution in [1.82, 2.24) is 10.3 Å². The molecule has 1 unspecified atom stereocenters. The monoisotopic (exact) mass is 371 g/mol. The zero-order valence-corrected chi connectivity index (χ0v) is 15.4. The highest BCUT2D eigenvalue weighted by atomic mass is 16.5. The summed E-state index contributed by atoms with van der Waals surface area (Å²) in [5, 5.41) is 3.27. The van der Waals surface area contributed by atoms with E-state index in [1.807, 2.05) is 66.7 Å². The third-order valence-electron chi connectivity index (χ3n) is 5.45. The lowest BCUT2D eigenvalue weighted by atomic mass is 9.87. The molecule has 1 saturated heterocycles. The maximum absolute atomic E-state index is 13.3. The number of para-hydroxylation sites is 2. The zero-order chi connectivity index (χ0) is 18.9. The van der Waals surface area contributed by atoms with Gasteiger partial charge in [0.1, 0.15) is 17.3 Å². The molecular weight excluding hydrogens is 350 g/mol.